The van der Waals surface area contributed by atoms with E-state index < -0.39 is 5.54 Å². The van der Waals surface area contributed by atoms with Gasteiger partial charge in [0.1, 0.15) is 5.54 Å². The smallest absolute Gasteiger partial charge is 0.238 e. The molecule has 2 atom stereocenters. The van der Waals surface area contributed by atoms with Crippen molar-refractivity contribution in [3.8, 4) is 0 Å². The standard InChI is InChI=1S/C16H23ClN2OS/c1-2-19-16(15(18)20)10-3-4-12(16)9-11-21-14-7-5-13(17)6-8-14/h5-8,12,19H,2-4,9-11H2,1H3,(H2,18,20). The van der Waals surface area contributed by atoms with Crippen LogP contribution < -0.4 is 11.1 Å². The van der Waals surface area contributed by atoms with Gasteiger partial charge in [-0.25, -0.2) is 0 Å². The largest absolute Gasteiger partial charge is 0.368 e. The lowest BCUT2D eigenvalue weighted by atomic mass is 9.84. The van der Waals surface area contributed by atoms with Gasteiger partial charge in [-0.3, -0.25) is 4.79 Å². The molecule has 1 amide bonds. The fourth-order valence-corrected chi connectivity index (χ4v) is 4.37. The van der Waals surface area contributed by atoms with E-state index in [1.54, 1.807) is 0 Å². The van der Waals surface area contributed by atoms with Crippen molar-refractivity contribution >= 4 is 29.3 Å². The highest BCUT2D eigenvalue weighted by atomic mass is 35.5. The van der Waals surface area contributed by atoms with Gasteiger partial charge in [-0.05, 0) is 61.7 Å². The zero-order valence-corrected chi connectivity index (χ0v) is 14.0. The van der Waals surface area contributed by atoms with E-state index in [2.05, 4.69) is 5.32 Å². The van der Waals surface area contributed by atoms with Crippen LogP contribution in [0.2, 0.25) is 5.02 Å². The van der Waals surface area contributed by atoms with Gasteiger partial charge in [-0.2, -0.15) is 0 Å². The summed E-state index contributed by atoms with van der Waals surface area (Å²) >= 11 is 7.70. The number of thioether (sulfide) groups is 1. The summed E-state index contributed by atoms with van der Waals surface area (Å²) in [6.45, 7) is 2.81. The van der Waals surface area contributed by atoms with Crippen LogP contribution in [0.1, 0.15) is 32.6 Å². The Hall–Kier alpha value is -0.710. The van der Waals surface area contributed by atoms with Crippen LogP contribution in [0.5, 0.6) is 0 Å². The number of nitrogens with two attached hydrogens (primary N) is 1. The number of amides is 1. The molecule has 1 aliphatic carbocycles. The highest BCUT2D eigenvalue weighted by molar-refractivity contribution is 7.99. The third-order valence-corrected chi connectivity index (χ3v) is 5.60. The van der Waals surface area contributed by atoms with Crippen molar-refractivity contribution in [2.45, 2.75) is 43.0 Å². The zero-order chi connectivity index (χ0) is 15.3. The lowest BCUT2D eigenvalue weighted by Gasteiger charge is -2.33. The zero-order valence-electron chi connectivity index (χ0n) is 12.4. The molecule has 2 rings (SSSR count). The Morgan fingerprint density at radius 2 is 2.19 bits per heavy atom. The fourth-order valence-electron chi connectivity index (χ4n) is 3.28. The van der Waals surface area contributed by atoms with Gasteiger partial charge in [-0.1, -0.05) is 24.9 Å². The quantitative estimate of drug-likeness (QED) is 0.754. The molecule has 21 heavy (non-hydrogen) atoms. The molecule has 0 heterocycles. The second kappa shape index (κ2) is 7.52. The van der Waals surface area contributed by atoms with Crippen molar-refractivity contribution in [2.24, 2.45) is 11.7 Å². The summed E-state index contributed by atoms with van der Waals surface area (Å²) in [5.74, 6) is 1.14. The molecule has 1 aromatic rings. The first-order valence-corrected chi connectivity index (χ1v) is 8.88. The van der Waals surface area contributed by atoms with E-state index in [4.69, 9.17) is 17.3 Å². The third kappa shape index (κ3) is 3.93. The molecule has 0 spiro atoms. The molecule has 1 aromatic carbocycles. The van der Waals surface area contributed by atoms with E-state index in [9.17, 15) is 4.79 Å². The molecule has 1 saturated carbocycles. The maximum atomic E-state index is 11.9. The number of nitrogens with one attached hydrogen (secondary N) is 1. The molecule has 3 nitrogen and oxygen atoms in total. The van der Waals surface area contributed by atoms with Crippen molar-refractivity contribution in [3.05, 3.63) is 29.3 Å². The van der Waals surface area contributed by atoms with Crippen molar-refractivity contribution in [1.82, 2.24) is 5.32 Å². The van der Waals surface area contributed by atoms with Crippen LogP contribution in [0.4, 0.5) is 0 Å². The summed E-state index contributed by atoms with van der Waals surface area (Å²) in [6.07, 6.45) is 4.03. The van der Waals surface area contributed by atoms with Gasteiger partial charge in [0.2, 0.25) is 5.91 Å². The molecule has 2 unspecified atom stereocenters. The van der Waals surface area contributed by atoms with Gasteiger partial charge in [0, 0.05) is 9.92 Å². The Kier molecular flexibility index (Phi) is 5.97. The van der Waals surface area contributed by atoms with Crippen LogP contribution >= 0.6 is 23.4 Å². The van der Waals surface area contributed by atoms with Crippen LogP contribution in [0.15, 0.2) is 29.2 Å². The van der Waals surface area contributed by atoms with Crippen molar-refractivity contribution in [2.75, 3.05) is 12.3 Å². The predicted molar refractivity (Wildman–Crippen MR) is 89.7 cm³/mol. The van der Waals surface area contributed by atoms with Gasteiger partial charge in [0.05, 0.1) is 0 Å². The van der Waals surface area contributed by atoms with E-state index in [-0.39, 0.29) is 5.91 Å². The lowest BCUT2D eigenvalue weighted by molar-refractivity contribution is -0.125. The number of carbonyl (C=O) groups excluding carboxylic acids is 1. The monoisotopic (exact) mass is 326 g/mol. The topological polar surface area (TPSA) is 55.1 Å². The number of benzene rings is 1. The van der Waals surface area contributed by atoms with Crippen LogP contribution in [0.3, 0.4) is 0 Å². The SMILES string of the molecule is CCNC1(C(N)=O)CCCC1CCSc1ccc(Cl)cc1. The highest BCUT2D eigenvalue weighted by Gasteiger charge is 2.46. The molecule has 5 heteroatoms. The predicted octanol–water partition coefficient (Wildman–Crippen LogP) is 3.46. The molecule has 1 fully saturated rings. The number of carbonyl (C=O) groups is 1. The van der Waals surface area contributed by atoms with E-state index >= 15 is 0 Å². The minimum Gasteiger partial charge on any atom is -0.368 e. The fraction of sp³-hybridized carbons (Fsp3) is 0.562. The Balaban J connectivity index is 1.92. The van der Waals surface area contributed by atoms with Gasteiger partial charge in [0.25, 0.3) is 0 Å². The normalized spacial score (nSPS) is 25.1. The molecule has 0 saturated heterocycles. The van der Waals surface area contributed by atoms with Gasteiger partial charge < -0.3 is 11.1 Å². The summed E-state index contributed by atoms with van der Waals surface area (Å²) in [5.41, 5.74) is 5.20. The van der Waals surface area contributed by atoms with E-state index in [1.165, 1.54) is 4.90 Å². The van der Waals surface area contributed by atoms with Crippen molar-refractivity contribution < 1.29 is 4.79 Å². The Labute approximate surface area is 136 Å². The number of hydrogen-bond acceptors (Lipinski definition) is 3. The third-order valence-electron chi connectivity index (χ3n) is 4.30. The van der Waals surface area contributed by atoms with Crippen molar-refractivity contribution in [1.29, 1.82) is 0 Å². The van der Waals surface area contributed by atoms with Crippen LogP contribution in [-0.4, -0.2) is 23.7 Å². The second-order valence-corrected chi connectivity index (χ2v) is 7.15. The van der Waals surface area contributed by atoms with Gasteiger partial charge >= 0.3 is 0 Å². The summed E-state index contributed by atoms with van der Waals surface area (Å²) in [4.78, 5) is 13.1. The first kappa shape index (κ1) is 16.7. The van der Waals surface area contributed by atoms with Crippen LogP contribution in [0.25, 0.3) is 0 Å². The summed E-state index contributed by atoms with van der Waals surface area (Å²) < 4.78 is 0. The minimum atomic E-state index is -0.491. The number of primary amides is 1. The maximum Gasteiger partial charge on any atom is 0.238 e. The minimum absolute atomic E-state index is 0.191. The first-order chi connectivity index (χ1) is 10.1. The highest BCUT2D eigenvalue weighted by Crippen LogP contribution is 2.39. The Morgan fingerprint density at radius 1 is 1.48 bits per heavy atom. The Bertz CT molecular complexity index is 480. The van der Waals surface area contributed by atoms with Gasteiger partial charge in [-0.15, -0.1) is 11.8 Å². The van der Waals surface area contributed by atoms with Crippen LogP contribution in [-0.2, 0) is 4.79 Å². The van der Waals surface area contributed by atoms with E-state index in [0.717, 1.165) is 43.0 Å². The summed E-state index contributed by atoms with van der Waals surface area (Å²) in [7, 11) is 0. The second-order valence-electron chi connectivity index (χ2n) is 5.55. The van der Waals surface area contributed by atoms with E-state index in [1.807, 2.05) is 43.0 Å². The van der Waals surface area contributed by atoms with E-state index in [0.29, 0.717) is 5.92 Å². The Morgan fingerprint density at radius 3 is 2.81 bits per heavy atom. The average molecular weight is 327 g/mol. The average Bonchev–Trinajstić information content (AvgIpc) is 2.86. The van der Waals surface area contributed by atoms with Crippen LogP contribution in [0, 0.1) is 5.92 Å². The molecule has 3 N–H and O–H groups in total. The molecular formula is C16H23ClN2OS. The number of rotatable bonds is 7. The lowest BCUT2D eigenvalue weighted by Crippen LogP contribution is -2.57. The molecule has 0 aliphatic heterocycles. The number of halogens is 1. The molecule has 0 radical (unpaired) electrons. The number of hydrogen-bond donors (Lipinski definition) is 2. The van der Waals surface area contributed by atoms with Gasteiger partial charge in [0.15, 0.2) is 0 Å². The maximum absolute atomic E-state index is 11.9. The molecule has 116 valence electrons. The molecule has 0 aromatic heterocycles. The molecule has 0 bridgehead atoms. The molecule has 1 aliphatic rings. The number of likely N-dealkylation sites (N-methyl/N-ethyl adjacent to an activating group) is 1. The first-order valence-electron chi connectivity index (χ1n) is 7.52. The summed E-state index contributed by atoms with van der Waals surface area (Å²) in [5, 5.41) is 4.12. The summed E-state index contributed by atoms with van der Waals surface area (Å²) in [6, 6.07) is 7.89. The van der Waals surface area contributed by atoms with Crippen molar-refractivity contribution in [3.63, 3.8) is 0 Å². The molecular weight excluding hydrogens is 304 g/mol.